The average molecular weight is 529 g/mol. The second-order valence-electron chi connectivity index (χ2n) is 10.1. The Morgan fingerprint density at radius 2 is 2.03 bits per heavy atom. The van der Waals surface area contributed by atoms with Crippen molar-refractivity contribution < 1.29 is 18.7 Å². The summed E-state index contributed by atoms with van der Waals surface area (Å²) < 4.78 is 20.8. The number of nitrogens with one attached hydrogen (secondary N) is 2. The molecule has 4 rings (SSSR count). The van der Waals surface area contributed by atoms with Crippen LogP contribution in [0, 0.1) is 18.7 Å². The van der Waals surface area contributed by atoms with E-state index in [0.29, 0.717) is 35.2 Å². The number of rotatable bonds is 9. The van der Waals surface area contributed by atoms with Crippen LogP contribution in [0.15, 0.2) is 42.0 Å². The van der Waals surface area contributed by atoms with Gasteiger partial charge in [0.25, 0.3) is 5.91 Å². The number of aryl methyl sites for hydroxylation is 1. The highest BCUT2D eigenvalue weighted by molar-refractivity contribution is 7.14. The number of benzene rings is 1. The lowest BCUT2D eigenvalue weighted by Crippen LogP contribution is -2.48. The summed E-state index contributed by atoms with van der Waals surface area (Å²) in [5, 5.41) is 7.39. The number of amides is 2. The number of hydrogen-bond acceptors (Lipinski definition) is 5. The van der Waals surface area contributed by atoms with Crippen LogP contribution in [0.5, 0.6) is 0 Å². The first-order valence-corrected chi connectivity index (χ1v) is 13.5. The first-order chi connectivity index (χ1) is 17.6. The molecular weight excluding hydrogens is 491 g/mol. The third-order valence-corrected chi connectivity index (χ3v) is 6.80. The van der Waals surface area contributed by atoms with Gasteiger partial charge in [-0.2, -0.15) is 0 Å². The van der Waals surface area contributed by atoms with Gasteiger partial charge in [-0.3, -0.25) is 9.59 Å². The normalized spacial score (nSPS) is 13.9. The number of thiazole rings is 1. The molecule has 1 aliphatic heterocycles. The number of carbonyl (C=O) groups excluding carboxylic acids is 2. The minimum absolute atomic E-state index is 0.126. The fourth-order valence-electron chi connectivity index (χ4n) is 3.80. The molecule has 200 valence electrons. The first-order valence-electron chi connectivity index (χ1n) is 12.7. The summed E-state index contributed by atoms with van der Waals surface area (Å²) in [6, 6.07) is 6.38. The molecule has 0 unspecified atom stereocenters. The van der Waals surface area contributed by atoms with Crippen molar-refractivity contribution in [2.24, 2.45) is 5.92 Å². The van der Waals surface area contributed by atoms with Crippen molar-refractivity contribution in [1.29, 1.82) is 0 Å². The number of unbranched alkanes of at least 4 members (excludes halogenated alkanes) is 1. The molecule has 1 fully saturated rings. The zero-order valence-electron chi connectivity index (χ0n) is 22.3. The van der Waals surface area contributed by atoms with E-state index >= 15 is 0 Å². The Balaban J connectivity index is 0.000000479. The zero-order valence-corrected chi connectivity index (χ0v) is 23.1. The molecule has 0 radical (unpaired) electrons. The molecular formula is C28H37FN4O3S. The van der Waals surface area contributed by atoms with E-state index in [1.54, 1.807) is 24.6 Å². The van der Waals surface area contributed by atoms with Crippen molar-refractivity contribution in [3.63, 3.8) is 0 Å². The average Bonchev–Trinajstić information content (AvgIpc) is 3.50. The van der Waals surface area contributed by atoms with Crippen LogP contribution in [-0.2, 0) is 15.1 Å². The van der Waals surface area contributed by atoms with Crippen molar-refractivity contribution in [1.82, 2.24) is 14.9 Å². The second kappa shape index (κ2) is 13.0. The second-order valence-corrected chi connectivity index (χ2v) is 11.0. The summed E-state index contributed by atoms with van der Waals surface area (Å²) in [6.07, 6.45) is 7.74. The van der Waals surface area contributed by atoms with Gasteiger partial charge in [0.05, 0.1) is 36.6 Å². The monoisotopic (exact) mass is 528 g/mol. The van der Waals surface area contributed by atoms with Gasteiger partial charge in [-0.05, 0) is 49.6 Å². The van der Waals surface area contributed by atoms with Gasteiger partial charge in [0, 0.05) is 23.3 Å². The molecule has 0 spiro atoms. The fourth-order valence-corrected chi connectivity index (χ4v) is 4.54. The predicted molar refractivity (Wildman–Crippen MR) is 146 cm³/mol. The van der Waals surface area contributed by atoms with Crippen LogP contribution in [0.2, 0.25) is 0 Å². The Kier molecular flexibility index (Phi) is 10.00. The Labute approximate surface area is 222 Å². The van der Waals surface area contributed by atoms with Gasteiger partial charge in [-0.1, -0.05) is 40.0 Å². The molecule has 0 bridgehead atoms. The largest absolute Gasteiger partial charge is 0.376 e. The van der Waals surface area contributed by atoms with Gasteiger partial charge in [-0.15, -0.1) is 11.3 Å². The number of ether oxygens (including phenoxy) is 1. The topological polar surface area (TPSA) is 85.2 Å². The number of carbonyl (C=O) groups is 2. The summed E-state index contributed by atoms with van der Waals surface area (Å²) in [5.41, 5.74) is 2.37. The Hall–Kier alpha value is -3.04. The molecule has 7 nitrogen and oxygen atoms in total. The minimum atomic E-state index is -0.390. The van der Waals surface area contributed by atoms with Crippen LogP contribution in [0.25, 0.3) is 11.3 Å². The molecule has 3 heterocycles. The predicted octanol–water partition coefficient (Wildman–Crippen LogP) is 6.01. The van der Waals surface area contributed by atoms with E-state index in [9.17, 15) is 14.0 Å². The molecule has 1 aromatic carbocycles. The van der Waals surface area contributed by atoms with E-state index in [1.807, 2.05) is 16.8 Å². The van der Waals surface area contributed by atoms with Gasteiger partial charge in [-0.25, -0.2) is 9.37 Å². The molecule has 37 heavy (non-hydrogen) atoms. The quantitative estimate of drug-likeness (QED) is 0.356. The Bertz CT molecular complexity index is 1180. The van der Waals surface area contributed by atoms with Crippen molar-refractivity contribution in [2.75, 3.05) is 25.1 Å². The highest BCUT2D eigenvalue weighted by Crippen LogP contribution is 2.27. The highest BCUT2D eigenvalue weighted by Gasteiger charge is 2.35. The van der Waals surface area contributed by atoms with Gasteiger partial charge >= 0.3 is 0 Å². The van der Waals surface area contributed by atoms with Crippen molar-refractivity contribution in [3.05, 3.63) is 59.0 Å². The third kappa shape index (κ3) is 8.23. The number of halogens is 1. The number of hydrogen-bond donors (Lipinski definition) is 2. The maximum absolute atomic E-state index is 13.6. The molecule has 0 atom stereocenters. The smallest absolute Gasteiger partial charge is 0.253 e. The molecule has 9 heteroatoms. The van der Waals surface area contributed by atoms with Crippen molar-refractivity contribution >= 4 is 28.3 Å². The Morgan fingerprint density at radius 3 is 2.62 bits per heavy atom. The molecule has 2 amide bonds. The molecule has 0 aliphatic carbocycles. The van der Waals surface area contributed by atoms with E-state index < -0.39 is 5.91 Å². The molecule has 1 saturated heterocycles. The molecule has 2 aromatic heterocycles. The van der Waals surface area contributed by atoms with Crippen LogP contribution in [0.3, 0.4) is 0 Å². The lowest BCUT2D eigenvalue weighted by molar-refractivity contribution is -0.115. The third-order valence-electron chi connectivity index (χ3n) is 6.04. The molecule has 0 saturated carbocycles. The molecule has 1 aliphatic rings. The van der Waals surface area contributed by atoms with Gasteiger partial charge in [0.15, 0.2) is 5.13 Å². The van der Waals surface area contributed by atoms with Crippen molar-refractivity contribution in [3.8, 4) is 11.3 Å². The van der Waals surface area contributed by atoms with Crippen LogP contribution < -0.4 is 10.6 Å². The summed E-state index contributed by atoms with van der Waals surface area (Å²) in [4.78, 5) is 28.8. The maximum Gasteiger partial charge on any atom is 0.253 e. The van der Waals surface area contributed by atoms with Gasteiger partial charge in [0.1, 0.15) is 5.82 Å². The molecule has 2 N–H and O–H groups in total. The van der Waals surface area contributed by atoms with Crippen molar-refractivity contribution in [2.45, 2.75) is 59.4 Å². The van der Waals surface area contributed by atoms with Gasteiger partial charge in [0.2, 0.25) is 5.91 Å². The summed E-state index contributed by atoms with van der Waals surface area (Å²) in [6.45, 7) is 11.7. The van der Waals surface area contributed by atoms with Crippen LogP contribution in [-0.4, -0.2) is 41.1 Å². The van der Waals surface area contributed by atoms with E-state index in [1.165, 1.54) is 42.7 Å². The fraction of sp³-hybridized carbons (Fsp3) is 0.464. The number of nitrogens with zero attached hydrogens (tertiary/aromatic N) is 2. The maximum atomic E-state index is 13.6. The number of aromatic nitrogens is 2. The molecule has 3 aromatic rings. The SMILES string of the molecule is CCCCC(C)C.Cc1cc(F)cc(-c2csc(NC(=O)CNC(=O)c3ccn(C4(C)COC4)c3)n2)c1. The standard InChI is InChI=1S/C21H21FN4O3S.C7H16/c1-13-5-15(7-16(22)6-13)17-10-30-20(24-17)25-18(27)8-23-19(28)14-3-4-26(9-14)21(2)11-29-12-21;1-4-5-6-7(2)3/h3-7,9-10H,8,11-12H2,1-2H3,(H,23,28)(H,24,25,27);7H,4-6H2,1-3H3. The lowest BCUT2D eigenvalue weighted by atomic mass is 10.0. The summed E-state index contributed by atoms with van der Waals surface area (Å²) in [7, 11) is 0. The Morgan fingerprint density at radius 1 is 1.27 bits per heavy atom. The van der Waals surface area contributed by atoms with E-state index in [-0.39, 0.29) is 23.8 Å². The van der Waals surface area contributed by atoms with Crippen LogP contribution >= 0.6 is 11.3 Å². The minimum Gasteiger partial charge on any atom is -0.376 e. The number of anilines is 1. The highest BCUT2D eigenvalue weighted by atomic mass is 32.1. The van der Waals surface area contributed by atoms with E-state index in [0.717, 1.165) is 11.5 Å². The summed E-state index contributed by atoms with van der Waals surface area (Å²) in [5.74, 6) is -0.153. The lowest BCUT2D eigenvalue weighted by Gasteiger charge is -2.39. The van der Waals surface area contributed by atoms with E-state index in [2.05, 4.69) is 43.3 Å². The van der Waals surface area contributed by atoms with Gasteiger partial charge < -0.3 is 19.9 Å². The summed E-state index contributed by atoms with van der Waals surface area (Å²) >= 11 is 1.24. The first kappa shape index (κ1) is 28.5. The van der Waals surface area contributed by atoms with E-state index in [4.69, 9.17) is 4.74 Å². The van der Waals surface area contributed by atoms with Crippen LogP contribution in [0.1, 0.15) is 62.9 Å². The zero-order chi connectivity index (χ0) is 27.0. The van der Waals surface area contributed by atoms with Crippen LogP contribution in [0.4, 0.5) is 9.52 Å².